The van der Waals surface area contributed by atoms with Crippen molar-refractivity contribution in [2.45, 2.75) is 39.3 Å². The van der Waals surface area contributed by atoms with E-state index in [-0.39, 0.29) is 31.0 Å². The molecule has 1 aliphatic heterocycles. The van der Waals surface area contributed by atoms with E-state index < -0.39 is 22.8 Å². The fraction of sp³-hybridized carbons (Fsp3) is 0.474. The number of anilines is 1. The Morgan fingerprint density at radius 3 is 2.50 bits per heavy atom. The monoisotopic (exact) mass is 389 g/mol. The third kappa shape index (κ3) is 4.04. The summed E-state index contributed by atoms with van der Waals surface area (Å²) in [5.41, 5.74) is 5.03. The molecule has 0 aromatic carbocycles. The van der Waals surface area contributed by atoms with Crippen molar-refractivity contribution in [1.82, 2.24) is 19.0 Å². The van der Waals surface area contributed by atoms with Crippen LogP contribution in [-0.2, 0) is 13.1 Å². The van der Waals surface area contributed by atoms with E-state index >= 15 is 0 Å². The lowest BCUT2D eigenvalue weighted by molar-refractivity contribution is 0.0913. The Hall–Kier alpha value is -2.81. The van der Waals surface area contributed by atoms with Crippen LogP contribution in [0.25, 0.3) is 0 Å². The van der Waals surface area contributed by atoms with Crippen LogP contribution in [0.4, 0.5) is 10.2 Å². The smallest absolute Gasteiger partial charge is 0.332 e. The van der Waals surface area contributed by atoms with E-state index in [4.69, 9.17) is 5.73 Å². The van der Waals surface area contributed by atoms with Crippen molar-refractivity contribution in [2.75, 3.05) is 25.4 Å². The highest BCUT2D eigenvalue weighted by atomic mass is 19.1. The zero-order valence-electron chi connectivity index (χ0n) is 15.9. The van der Waals surface area contributed by atoms with Crippen LogP contribution in [0, 0.1) is 5.82 Å². The molecule has 0 atom stereocenters. The molecule has 0 spiro atoms. The Morgan fingerprint density at radius 1 is 1.18 bits per heavy atom. The molecule has 3 heterocycles. The number of ketones is 1. The number of nitrogens with zero attached hydrogens (tertiary/aromatic N) is 4. The summed E-state index contributed by atoms with van der Waals surface area (Å²) >= 11 is 0. The predicted octanol–water partition coefficient (Wildman–Crippen LogP) is 0.863. The Balaban J connectivity index is 2.01. The fourth-order valence-corrected chi connectivity index (χ4v) is 3.47. The highest BCUT2D eigenvalue weighted by molar-refractivity contribution is 6.01. The number of hydrogen-bond donors (Lipinski definition) is 1. The Morgan fingerprint density at radius 2 is 1.89 bits per heavy atom. The minimum absolute atomic E-state index is 0.0603. The van der Waals surface area contributed by atoms with Crippen LogP contribution in [0.1, 0.15) is 42.2 Å². The van der Waals surface area contributed by atoms with Gasteiger partial charge in [0.15, 0.2) is 5.78 Å². The number of hydrogen-bond acceptors (Lipinski definition) is 6. The average Bonchev–Trinajstić information content (AvgIpc) is 2.68. The zero-order valence-corrected chi connectivity index (χ0v) is 15.9. The minimum Gasteiger partial charge on any atom is -0.384 e. The van der Waals surface area contributed by atoms with E-state index in [1.54, 1.807) is 6.92 Å². The van der Waals surface area contributed by atoms with E-state index in [9.17, 15) is 18.8 Å². The van der Waals surface area contributed by atoms with Gasteiger partial charge in [-0.05, 0) is 45.0 Å². The topological polar surface area (TPSA) is 103 Å². The molecule has 0 saturated carbocycles. The number of pyridine rings is 1. The third-order valence-corrected chi connectivity index (χ3v) is 4.99. The maximum absolute atomic E-state index is 13.1. The van der Waals surface area contributed by atoms with Crippen molar-refractivity contribution in [2.24, 2.45) is 0 Å². The van der Waals surface area contributed by atoms with Gasteiger partial charge in [0.05, 0.1) is 25.0 Å². The van der Waals surface area contributed by atoms with Gasteiger partial charge < -0.3 is 5.73 Å². The molecule has 150 valence electrons. The number of carbonyl (C=O) groups excluding carboxylic acids is 1. The maximum Gasteiger partial charge on any atom is 0.332 e. The number of Topliss-reactive ketones (excluding diaryl/α,β-unsaturated/α-hetero) is 1. The first-order valence-electron chi connectivity index (χ1n) is 9.41. The normalized spacial score (nSPS) is 14.9. The molecule has 0 radical (unpaired) electrons. The molecule has 9 heteroatoms. The summed E-state index contributed by atoms with van der Waals surface area (Å²) in [6.07, 6.45) is 4.19. The third-order valence-electron chi connectivity index (χ3n) is 4.99. The van der Waals surface area contributed by atoms with Gasteiger partial charge >= 0.3 is 5.69 Å². The quantitative estimate of drug-likeness (QED) is 0.735. The number of likely N-dealkylation sites (tertiary alicyclic amines) is 1. The van der Waals surface area contributed by atoms with Gasteiger partial charge in [0, 0.05) is 6.54 Å². The lowest BCUT2D eigenvalue weighted by Crippen LogP contribution is -2.45. The second-order valence-corrected chi connectivity index (χ2v) is 6.91. The standard InChI is InChI=1S/C19H24FN5O3/c1-2-24-18(27)16(15(26)12-23-8-4-3-5-9-23)17(21)25(19(24)28)11-14-7-6-13(20)10-22-14/h6-7,10H,2-5,8-9,11-12,21H2,1H3. The van der Waals surface area contributed by atoms with Crippen molar-refractivity contribution in [1.29, 1.82) is 0 Å². The van der Waals surface area contributed by atoms with Gasteiger partial charge in [0.1, 0.15) is 17.2 Å². The van der Waals surface area contributed by atoms with Crippen molar-refractivity contribution >= 4 is 11.6 Å². The van der Waals surface area contributed by atoms with Crippen LogP contribution in [0.2, 0.25) is 0 Å². The molecule has 0 bridgehead atoms. The van der Waals surface area contributed by atoms with Gasteiger partial charge in [-0.25, -0.2) is 9.18 Å². The van der Waals surface area contributed by atoms with Crippen LogP contribution in [0.5, 0.6) is 0 Å². The summed E-state index contributed by atoms with van der Waals surface area (Å²) in [5.74, 6) is -1.07. The lowest BCUT2D eigenvalue weighted by Gasteiger charge is -2.26. The van der Waals surface area contributed by atoms with Gasteiger partial charge in [0.25, 0.3) is 5.56 Å². The molecule has 0 amide bonds. The Bertz CT molecular complexity index is 975. The number of halogens is 1. The molecule has 2 N–H and O–H groups in total. The van der Waals surface area contributed by atoms with E-state index in [2.05, 4.69) is 4.98 Å². The van der Waals surface area contributed by atoms with Crippen LogP contribution >= 0.6 is 0 Å². The second-order valence-electron chi connectivity index (χ2n) is 6.91. The molecule has 28 heavy (non-hydrogen) atoms. The van der Waals surface area contributed by atoms with Crippen LogP contribution in [-0.4, -0.2) is 44.4 Å². The number of carbonyl (C=O) groups is 1. The van der Waals surface area contributed by atoms with Gasteiger partial charge in [-0.1, -0.05) is 6.42 Å². The molecule has 8 nitrogen and oxygen atoms in total. The second kappa shape index (κ2) is 8.47. The summed E-state index contributed by atoms with van der Waals surface area (Å²) in [6, 6.07) is 2.65. The molecule has 2 aromatic rings. The number of nitrogen functional groups attached to an aromatic ring is 1. The van der Waals surface area contributed by atoms with Crippen LogP contribution < -0.4 is 17.0 Å². The molecule has 1 saturated heterocycles. The molecule has 3 rings (SSSR count). The molecular weight excluding hydrogens is 365 g/mol. The number of piperidine rings is 1. The first kappa shape index (κ1) is 19.9. The highest BCUT2D eigenvalue weighted by Crippen LogP contribution is 2.13. The molecular formula is C19H24FN5O3. The number of nitrogens with two attached hydrogens (primary N) is 1. The minimum atomic E-state index is -0.671. The molecule has 1 aliphatic rings. The number of aromatic nitrogens is 3. The number of rotatable bonds is 6. The van der Waals surface area contributed by atoms with Gasteiger partial charge in [-0.2, -0.15) is 0 Å². The lowest BCUT2D eigenvalue weighted by atomic mass is 10.1. The van der Waals surface area contributed by atoms with Crippen molar-refractivity contribution in [3.8, 4) is 0 Å². The van der Waals surface area contributed by atoms with E-state index in [1.165, 1.54) is 12.1 Å². The van der Waals surface area contributed by atoms with E-state index in [0.29, 0.717) is 5.69 Å². The average molecular weight is 389 g/mol. The summed E-state index contributed by atoms with van der Waals surface area (Å²) in [7, 11) is 0. The van der Waals surface area contributed by atoms with Gasteiger partial charge in [-0.15, -0.1) is 0 Å². The molecule has 0 unspecified atom stereocenters. The van der Waals surface area contributed by atoms with Crippen molar-refractivity contribution in [3.05, 3.63) is 56.2 Å². The Labute approximate surface area is 161 Å². The Kier molecular flexibility index (Phi) is 6.03. The van der Waals surface area contributed by atoms with Crippen LogP contribution in [0.15, 0.2) is 27.9 Å². The first-order valence-corrected chi connectivity index (χ1v) is 9.41. The van der Waals surface area contributed by atoms with Crippen LogP contribution in [0.3, 0.4) is 0 Å². The summed E-state index contributed by atoms with van der Waals surface area (Å²) in [6.45, 7) is 3.39. The van der Waals surface area contributed by atoms with Crippen molar-refractivity contribution < 1.29 is 9.18 Å². The largest absolute Gasteiger partial charge is 0.384 e. The van der Waals surface area contributed by atoms with Gasteiger partial charge in [-0.3, -0.25) is 28.6 Å². The highest BCUT2D eigenvalue weighted by Gasteiger charge is 2.24. The summed E-state index contributed by atoms with van der Waals surface area (Å²) < 4.78 is 15.2. The molecule has 1 fully saturated rings. The molecule has 0 aliphatic carbocycles. The van der Waals surface area contributed by atoms with E-state index in [1.807, 2.05) is 4.90 Å². The summed E-state index contributed by atoms with van der Waals surface area (Å²) in [5, 5.41) is 0. The zero-order chi connectivity index (χ0) is 20.3. The predicted molar refractivity (Wildman–Crippen MR) is 103 cm³/mol. The van der Waals surface area contributed by atoms with E-state index in [0.717, 1.165) is 47.7 Å². The first-order chi connectivity index (χ1) is 13.4. The summed E-state index contributed by atoms with van der Waals surface area (Å²) in [4.78, 5) is 44.2. The van der Waals surface area contributed by atoms with Gasteiger partial charge in [0.2, 0.25) is 0 Å². The maximum atomic E-state index is 13.1. The fourth-order valence-electron chi connectivity index (χ4n) is 3.47. The molecule has 2 aromatic heterocycles. The van der Waals surface area contributed by atoms with Crippen molar-refractivity contribution in [3.63, 3.8) is 0 Å². The SMILES string of the molecule is CCn1c(=O)c(C(=O)CN2CCCCC2)c(N)n(Cc2ccc(F)cn2)c1=O.